The third-order valence-corrected chi connectivity index (χ3v) is 2.83. The molecule has 3 nitrogen and oxygen atoms in total. The predicted octanol–water partition coefficient (Wildman–Crippen LogP) is 1.10. The molecule has 0 amide bonds. The van der Waals surface area contributed by atoms with E-state index >= 15 is 0 Å². The highest BCUT2D eigenvalue weighted by atomic mass is 16.7. The molecule has 1 N–H and O–H groups in total. The van der Waals surface area contributed by atoms with Crippen LogP contribution in [-0.4, -0.2) is 19.8 Å². The highest BCUT2D eigenvalue weighted by Crippen LogP contribution is 2.37. The fraction of sp³-hybridized carbons (Fsp3) is 0.455. The maximum Gasteiger partial charge on any atom is 0.231 e. The predicted molar refractivity (Wildman–Crippen MR) is 52.8 cm³/mol. The third kappa shape index (κ3) is 1.09. The Morgan fingerprint density at radius 2 is 1.93 bits per heavy atom. The molecular weight excluding hydrogens is 178 g/mol. The van der Waals surface area contributed by atoms with E-state index in [0.717, 1.165) is 35.5 Å². The highest BCUT2D eigenvalue weighted by molar-refractivity contribution is 5.50. The van der Waals surface area contributed by atoms with Gasteiger partial charge < -0.3 is 14.8 Å². The van der Waals surface area contributed by atoms with Crippen LogP contribution in [0, 0.1) is 0 Å². The minimum Gasteiger partial charge on any atom is -0.454 e. The number of fused-ring (bicyclic) bond motifs is 2. The Morgan fingerprint density at radius 1 is 1.29 bits per heavy atom. The van der Waals surface area contributed by atoms with Crippen LogP contribution in [0.2, 0.25) is 0 Å². The van der Waals surface area contributed by atoms with Gasteiger partial charge in [-0.3, -0.25) is 0 Å². The molecule has 0 bridgehead atoms. The Hall–Kier alpha value is -1.22. The van der Waals surface area contributed by atoms with Gasteiger partial charge in [-0.1, -0.05) is 0 Å². The zero-order chi connectivity index (χ0) is 12.0. The van der Waals surface area contributed by atoms with E-state index in [1.165, 1.54) is 0 Å². The maximum atomic E-state index is 7.21. The van der Waals surface area contributed by atoms with Crippen LogP contribution in [0.3, 0.4) is 0 Å². The van der Waals surface area contributed by atoms with E-state index in [4.69, 9.17) is 13.6 Å². The van der Waals surface area contributed by atoms with Crippen LogP contribution in [0.5, 0.6) is 11.5 Å². The molecule has 0 radical (unpaired) electrons. The molecule has 3 rings (SSSR count). The van der Waals surface area contributed by atoms with Crippen molar-refractivity contribution in [1.29, 1.82) is 0 Å². The minimum absolute atomic E-state index is 0.0278. The van der Waals surface area contributed by atoms with Crippen LogP contribution in [0.25, 0.3) is 0 Å². The van der Waals surface area contributed by atoms with Gasteiger partial charge in [-0.05, 0) is 43.1 Å². The van der Waals surface area contributed by atoms with E-state index in [0.29, 0.717) is 0 Å². The molecule has 0 unspecified atom stereocenters. The topological polar surface area (TPSA) is 30.5 Å². The second kappa shape index (κ2) is 2.89. The second-order valence-electron chi connectivity index (χ2n) is 3.72. The Bertz CT molecular complexity index is 426. The standard InChI is InChI=1S/C11H13NO2/c1-12-9-2-7-4-10-11(14-6-13-10)5-8(7)3-9/h4-5,9,12H,2-3,6H2,1H3/i1D3. The SMILES string of the molecule is [2H]C([2H])([2H])NC1Cc2cc3c(cc2C1)OCO3. The normalized spacial score (nSPS) is 22.7. The molecule has 0 fully saturated rings. The Morgan fingerprint density at radius 3 is 2.50 bits per heavy atom. The maximum absolute atomic E-state index is 7.21. The van der Waals surface area contributed by atoms with Crippen molar-refractivity contribution in [2.75, 3.05) is 13.8 Å². The van der Waals surface area contributed by atoms with E-state index < -0.39 is 6.98 Å². The molecule has 14 heavy (non-hydrogen) atoms. The van der Waals surface area contributed by atoms with Crippen molar-refractivity contribution in [3.8, 4) is 11.5 Å². The molecule has 1 aliphatic heterocycles. The summed E-state index contributed by atoms with van der Waals surface area (Å²) in [5.41, 5.74) is 2.30. The molecule has 0 atom stereocenters. The van der Waals surface area contributed by atoms with Gasteiger partial charge in [0.25, 0.3) is 0 Å². The lowest BCUT2D eigenvalue weighted by atomic mass is 10.1. The van der Waals surface area contributed by atoms with Gasteiger partial charge in [-0.2, -0.15) is 0 Å². The first-order valence-corrected chi connectivity index (χ1v) is 4.70. The second-order valence-corrected chi connectivity index (χ2v) is 3.72. The Labute approximate surface area is 87.2 Å². The lowest BCUT2D eigenvalue weighted by Gasteiger charge is -2.04. The van der Waals surface area contributed by atoms with Gasteiger partial charge in [0, 0.05) is 10.2 Å². The van der Waals surface area contributed by atoms with Gasteiger partial charge in [-0.15, -0.1) is 0 Å². The lowest BCUT2D eigenvalue weighted by molar-refractivity contribution is 0.174. The first-order valence-electron chi connectivity index (χ1n) is 6.20. The third-order valence-electron chi connectivity index (χ3n) is 2.83. The van der Waals surface area contributed by atoms with Crippen LogP contribution in [-0.2, 0) is 12.8 Å². The molecule has 2 aliphatic rings. The largest absolute Gasteiger partial charge is 0.454 e. The van der Waals surface area contributed by atoms with Gasteiger partial charge in [-0.25, -0.2) is 0 Å². The summed E-state index contributed by atoms with van der Waals surface area (Å²) in [6, 6.07) is 3.89. The average molecular weight is 194 g/mol. The summed E-state index contributed by atoms with van der Waals surface area (Å²) >= 11 is 0. The molecule has 1 heterocycles. The van der Waals surface area contributed by atoms with Crippen LogP contribution in [0.1, 0.15) is 15.2 Å². The molecule has 1 aliphatic carbocycles. The molecule has 0 aromatic heterocycles. The number of benzene rings is 1. The molecule has 0 spiro atoms. The van der Waals surface area contributed by atoms with Crippen molar-refractivity contribution in [3.05, 3.63) is 23.3 Å². The van der Waals surface area contributed by atoms with Gasteiger partial charge >= 0.3 is 0 Å². The van der Waals surface area contributed by atoms with Crippen molar-refractivity contribution < 1.29 is 13.6 Å². The van der Waals surface area contributed by atoms with Crippen LogP contribution in [0.4, 0.5) is 0 Å². The van der Waals surface area contributed by atoms with Crippen molar-refractivity contribution in [2.24, 2.45) is 0 Å². The summed E-state index contributed by atoms with van der Waals surface area (Å²) in [5, 5.41) is 2.66. The zero-order valence-corrected chi connectivity index (χ0v) is 7.67. The zero-order valence-electron chi connectivity index (χ0n) is 10.7. The summed E-state index contributed by atoms with van der Waals surface area (Å²) in [4.78, 5) is 0. The molecule has 1 aromatic rings. The van der Waals surface area contributed by atoms with Crippen LogP contribution >= 0.6 is 0 Å². The van der Waals surface area contributed by atoms with E-state index in [1.807, 2.05) is 12.1 Å². The number of rotatable bonds is 1. The fourth-order valence-electron chi connectivity index (χ4n) is 2.11. The van der Waals surface area contributed by atoms with Gasteiger partial charge in [0.2, 0.25) is 6.79 Å². The summed E-state index contributed by atoms with van der Waals surface area (Å²) < 4.78 is 32.2. The van der Waals surface area contributed by atoms with Crippen molar-refractivity contribution in [2.45, 2.75) is 18.9 Å². The van der Waals surface area contributed by atoms with Crippen LogP contribution < -0.4 is 14.8 Å². The number of hydrogen-bond acceptors (Lipinski definition) is 3. The first-order chi connectivity index (χ1) is 8.01. The average Bonchev–Trinajstić information content (AvgIpc) is 2.74. The molecule has 74 valence electrons. The molecular formula is C11H13NO2. The molecule has 0 saturated carbocycles. The van der Waals surface area contributed by atoms with E-state index in [1.54, 1.807) is 0 Å². The van der Waals surface area contributed by atoms with Crippen molar-refractivity contribution >= 4 is 0 Å². The summed E-state index contributed by atoms with van der Waals surface area (Å²) in [7, 11) is 0. The lowest BCUT2D eigenvalue weighted by Crippen LogP contribution is -2.24. The monoisotopic (exact) mass is 194 g/mol. The number of likely N-dealkylation sites (N-methyl/N-ethyl adjacent to an activating group) is 1. The smallest absolute Gasteiger partial charge is 0.231 e. The molecule has 0 saturated heterocycles. The number of hydrogen-bond donors (Lipinski definition) is 1. The van der Waals surface area contributed by atoms with Gasteiger partial charge in [0.1, 0.15) is 0 Å². The van der Waals surface area contributed by atoms with Crippen LogP contribution in [0.15, 0.2) is 12.1 Å². The highest BCUT2D eigenvalue weighted by Gasteiger charge is 2.24. The van der Waals surface area contributed by atoms with Gasteiger partial charge in [0.05, 0.1) is 0 Å². The summed E-state index contributed by atoms with van der Waals surface area (Å²) in [5.74, 6) is 1.52. The first kappa shape index (κ1) is 5.61. The Balaban J connectivity index is 1.80. The quantitative estimate of drug-likeness (QED) is 0.726. The minimum atomic E-state index is -2.08. The number of nitrogens with one attached hydrogen (secondary N) is 1. The summed E-state index contributed by atoms with van der Waals surface area (Å²) in [6.45, 7) is -1.81. The number of ether oxygens (including phenoxy) is 2. The van der Waals surface area contributed by atoms with Gasteiger partial charge in [0.15, 0.2) is 11.5 Å². The van der Waals surface area contributed by atoms with Crippen molar-refractivity contribution in [3.63, 3.8) is 0 Å². The van der Waals surface area contributed by atoms with E-state index in [-0.39, 0.29) is 12.8 Å². The fourth-order valence-corrected chi connectivity index (χ4v) is 2.11. The van der Waals surface area contributed by atoms with E-state index in [9.17, 15) is 0 Å². The molecule has 1 aromatic carbocycles. The van der Waals surface area contributed by atoms with E-state index in [2.05, 4.69) is 5.32 Å². The summed E-state index contributed by atoms with van der Waals surface area (Å²) in [6.07, 6.45) is 1.45. The Kier molecular flexibility index (Phi) is 1.16. The molecule has 3 heteroatoms. The van der Waals surface area contributed by atoms with Crippen molar-refractivity contribution in [1.82, 2.24) is 5.32 Å².